The van der Waals surface area contributed by atoms with Gasteiger partial charge in [0.1, 0.15) is 23.2 Å². The van der Waals surface area contributed by atoms with Crippen LogP contribution in [0.4, 0.5) is 0 Å². The maximum Gasteiger partial charge on any atom is 0.339 e. The van der Waals surface area contributed by atoms with E-state index >= 15 is 0 Å². The molecule has 1 rings (SSSR count). The number of carboxylic acids is 1. The van der Waals surface area contributed by atoms with Gasteiger partial charge in [-0.1, -0.05) is 19.4 Å². The summed E-state index contributed by atoms with van der Waals surface area (Å²) in [6, 6.07) is 0. The molecule has 1 unspecified atom stereocenters. The first-order valence-electron chi connectivity index (χ1n) is 7.18. The number of aromatic hydroxyl groups is 1. The van der Waals surface area contributed by atoms with Crippen LogP contribution in [0.1, 0.15) is 53.2 Å². The van der Waals surface area contributed by atoms with Crippen LogP contribution in [-0.4, -0.2) is 22.3 Å². The van der Waals surface area contributed by atoms with Gasteiger partial charge >= 0.3 is 5.97 Å². The van der Waals surface area contributed by atoms with Crippen molar-refractivity contribution in [1.82, 2.24) is 0 Å². The van der Waals surface area contributed by atoms with Crippen molar-refractivity contribution in [2.75, 3.05) is 0 Å². The monoisotopic (exact) mass is 292 g/mol. The van der Waals surface area contributed by atoms with E-state index < -0.39 is 5.97 Å². The van der Waals surface area contributed by atoms with E-state index in [-0.39, 0.29) is 17.4 Å². The highest BCUT2D eigenvalue weighted by Crippen LogP contribution is 2.38. The number of hydrogen-bond donors (Lipinski definition) is 2. The Morgan fingerprint density at radius 1 is 1.29 bits per heavy atom. The van der Waals surface area contributed by atoms with Gasteiger partial charge in [-0.25, -0.2) is 4.79 Å². The van der Waals surface area contributed by atoms with Gasteiger partial charge in [0.2, 0.25) is 0 Å². The molecular formula is C17H24O4. The molecule has 0 amide bonds. The number of rotatable bonds is 7. The highest BCUT2D eigenvalue weighted by molar-refractivity contribution is 5.94. The summed E-state index contributed by atoms with van der Waals surface area (Å²) in [4.78, 5) is 11.3. The Hall–Kier alpha value is -1.97. The van der Waals surface area contributed by atoms with Crippen LogP contribution in [0.3, 0.4) is 0 Å². The van der Waals surface area contributed by atoms with Crippen molar-refractivity contribution in [3.8, 4) is 11.5 Å². The van der Waals surface area contributed by atoms with E-state index in [1.54, 1.807) is 13.8 Å². The summed E-state index contributed by atoms with van der Waals surface area (Å²) in [7, 11) is 0. The van der Waals surface area contributed by atoms with Crippen molar-refractivity contribution in [2.45, 2.75) is 53.1 Å². The van der Waals surface area contributed by atoms with Crippen molar-refractivity contribution in [2.24, 2.45) is 0 Å². The highest BCUT2D eigenvalue weighted by atomic mass is 16.5. The average molecular weight is 292 g/mol. The Labute approximate surface area is 126 Å². The summed E-state index contributed by atoms with van der Waals surface area (Å²) >= 11 is 0. The first-order valence-corrected chi connectivity index (χ1v) is 7.18. The minimum absolute atomic E-state index is 0.0145. The molecule has 4 heteroatoms. The highest BCUT2D eigenvalue weighted by Gasteiger charge is 2.23. The zero-order valence-electron chi connectivity index (χ0n) is 13.2. The summed E-state index contributed by atoms with van der Waals surface area (Å²) < 4.78 is 6.03. The third kappa shape index (κ3) is 3.57. The van der Waals surface area contributed by atoms with Gasteiger partial charge in [0.15, 0.2) is 0 Å². The van der Waals surface area contributed by atoms with Gasteiger partial charge in [0.25, 0.3) is 0 Å². The van der Waals surface area contributed by atoms with E-state index in [1.165, 1.54) is 0 Å². The zero-order chi connectivity index (χ0) is 16.2. The summed E-state index contributed by atoms with van der Waals surface area (Å²) in [6.07, 6.45) is 4.37. The number of phenols is 1. The Morgan fingerprint density at radius 3 is 2.38 bits per heavy atom. The molecule has 0 aliphatic rings. The topological polar surface area (TPSA) is 66.8 Å². The van der Waals surface area contributed by atoms with E-state index in [0.29, 0.717) is 23.3 Å². The third-order valence-corrected chi connectivity index (χ3v) is 3.75. The second kappa shape index (κ2) is 7.16. The molecule has 116 valence electrons. The molecule has 4 nitrogen and oxygen atoms in total. The molecule has 0 spiro atoms. The predicted molar refractivity (Wildman–Crippen MR) is 83.4 cm³/mol. The van der Waals surface area contributed by atoms with E-state index in [1.807, 2.05) is 13.0 Å². The number of carbonyl (C=O) groups is 1. The number of carboxylic acid groups (broad SMARTS) is 1. The quantitative estimate of drug-likeness (QED) is 0.741. The van der Waals surface area contributed by atoms with Crippen LogP contribution >= 0.6 is 0 Å². The lowest BCUT2D eigenvalue weighted by Gasteiger charge is -2.23. The van der Waals surface area contributed by atoms with Crippen molar-refractivity contribution in [1.29, 1.82) is 0 Å². The van der Waals surface area contributed by atoms with Gasteiger partial charge in [-0.3, -0.25) is 0 Å². The molecule has 0 aliphatic heterocycles. The Balaban J connectivity index is 3.31. The lowest BCUT2D eigenvalue weighted by atomic mass is 9.97. The molecule has 0 heterocycles. The fourth-order valence-corrected chi connectivity index (χ4v) is 2.45. The molecule has 1 aromatic rings. The van der Waals surface area contributed by atoms with Crippen LogP contribution < -0.4 is 4.74 Å². The fraction of sp³-hybridized carbons (Fsp3) is 0.471. The van der Waals surface area contributed by atoms with E-state index in [4.69, 9.17) is 4.74 Å². The molecule has 0 saturated heterocycles. The molecule has 0 aliphatic carbocycles. The predicted octanol–water partition coefficient (Wildman–Crippen LogP) is 4.14. The number of hydrogen-bond acceptors (Lipinski definition) is 3. The number of aromatic carboxylic acids is 1. The molecule has 0 saturated carbocycles. The van der Waals surface area contributed by atoms with Crippen LogP contribution in [-0.2, 0) is 0 Å². The number of ether oxygens (including phenoxy) is 1. The molecular weight excluding hydrogens is 268 g/mol. The summed E-state index contributed by atoms with van der Waals surface area (Å²) in [5.74, 6) is -0.760. The molecule has 1 aromatic carbocycles. The van der Waals surface area contributed by atoms with Gasteiger partial charge in [-0.2, -0.15) is 0 Å². The molecule has 0 aromatic heterocycles. The summed E-state index contributed by atoms with van der Waals surface area (Å²) in [5, 5.41) is 19.4. The van der Waals surface area contributed by atoms with Crippen LogP contribution in [0.2, 0.25) is 0 Å². The minimum Gasteiger partial charge on any atom is -0.507 e. The van der Waals surface area contributed by atoms with Crippen molar-refractivity contribution in [3.63, 3.8) is 0 Å². The molecule has 2 N–H and O–H groups in total. The van der Waals surface area contributed by atoms with Gasteiger partial charge in [-0.15, -0.1) is 6.58 Å². The van der Waals surface area contributed by atoms with Crippen molar-refractivity contribution >= 4 is 5.97 Å². The first kappa shape index (κ1) is 17.1. The maximum atomic E-state index is 11.3. The molecule has 1 atom stereocenters. The summed E-state index contributed by atoms with van der Waals surface area (Å²) in [5.41, 5.74) is 1.72. The van der Waals surface area contributed by atoms with Crippen LogP contribution in [0.5, 0.6) is 11.5 Å². The maximum absolute atomic E-state index is 11.3. The molecule has 0 radical (unpaired) electrons. The minimum atomic E-state index is -1.13. The van der Waals surface area contributed by atoms with Crippen LogP contribution in [0.25, 0.3) is 0 Å². The second-order valence-electron chi connectivity index (χ2n) is 5.29. The number of benzene rings is 1. The van der Waals surface area contributed by atoms with Gasteiger partial charge in [-0.05, 0) is 38.3 Å². The Kier molecular flexibility index (Phi) is 5.82. The Bertz CT molecular complexity index is 517. The largest absolute Gasteiger partial charge is 0.507 e. The second-order valence-corrected chi connectivity index (χ2v) is 5.29. The molecule has 0 fully saturated rings. The SMILES string of the molecule is C=CCC(CCC)Oc1c(C)c(C)c(C(=O)O)c(O)c1C. The molecule has 0 bridgehead atoms. The zero-order valence-corrected chi connectivity index (χ0v) is 13.2. The normalized spacial score (nSPS) is 12.0. The fourth-order valence-electron chi connectivity index (χ4n) is 2.45. The van der Waals surface area contributed by atoms with Gasteiger partial charge in [0, 0.05) is 12.0 Å². The van der Waals surface area contributed by atoms with Crippen LogP contribution in [0.15, 0.2) is 12.7 Å². The lowest BCUT2D eigenvalue weighted by Crippen LogP contribution is -2.17. The smallest absolute Gasteiger partial charge is 0.339 e. The first-order chi connectivity index (χ1) is 9.84. The Morgan fingerprint density at radius 2 is 1.90 bits per heavy atom. The lowest BCUT2D eigenvalue weighted by molar-refractivity contribution is 0.0692. The summed E-state index contributed by atoms with van der Waals surface area (Å²) in [6.45, 7) is 11.0. The van der Waals surface area contributed by atoms with Crippen molar-refractivity contribution < 1.29 is 19.7 Å². The van der Waals surface area contributed by atoms with Gasteiger partial charge < -0.3 is 14.9 Å². The van der Waals surface area contributed by atoms with E-state index in [9.17, 15) is 15.0 Å². The third-order valence-electron chi connectivity index (χ3n) is 3.75. The van der Waals surface area contributed by atoms with Crippen LogP contribution in [0, 0.1) is 20.8 Å². The van der Waals surface area contributed by atoms with Crippen molar-refractivity contribution in [3.05, 3.63) is 34.9 Å². The van der Waals surface area contributed by atoms with E-state index in [2.05, 4.69) is 13.5 Å². The van der Waals surface area contributed by atoms with E-state index in [0.717, 1.165) is 18.4 Å². The molecule has 21 heavy (non-hydrogen) atoms. The standard InChI is InChI=1S/C17H24O4/c1-6-8-13(9-7-2)21-16-11(4)10(3)14(17(19)20)15(18)12(16)5/h6,13,18H,1,7-9H2,2-5H3,(H,19,20). The average Bonchev–Trinajstić information content (AvgIpc) is 2.41. The van der Waals surface area contributed by atoms with Gasteiger partial charge in [0.05, 0.1) is 0 Å².